The van der Waals surface area contributed by atoms with Crippen LogP contribution in [0, 0.1) is 0 Å². The molecule has 5 nitrogen and oxygen atoms in total. The lowest BCUT2D eigenvalue weighted by molar-refractivity contribution is -0.111. The van der Waals surface area contributed by atoms with E-state index in [2.05, 4.69) is 5.32 Å². The van der Waals surface area contributed by atoms with Crippen LogP contribution in [-0.2, 0) is 14.8 Å². The SMILES string of the molecule is O=C(/C=C/c1ccc(N2CCCS2(=O)=O)cc1)Nc1ccccc1-c1ccccc1. The summed E-state index contributed by atoms with van der Waals surface area (Å²) in [6, 6.07) is 24.7. The van der Waals surface area contributed by atoms with Gasteiger partial charge in [0.2, 0.25) is 15.9 Å². The molecule has 1 aliphatic heterocycles. The van der Waals surface area contributed by atoms with E-state index < -0.39 is 10.0 Å². The fourth-order valence-corrected chi connectivity index (χ4v) is 5.05. The number of carbonyl (C=O) groups excluding carboxylic acids is 1. The maximum Gasteiger partial charge on any atom is 0.248 e. The second-order valence-electron chi connectivity index (χ2n) is 7.07. The quantitative estimate of drug-likeness (QED) is 0.619. The average molecular weight is 419 g/mol. The van der Waals surface area contributed by atoms with Gasteiger partial charge in [0.25, 0.3) is 0 Å². The lowest BCUT2D eigenvalue weighted by Crippen LogP contribution is -2.24. The lowest BCUT2D eigenvalue weighted by atomic mass is 10.0. The van der Waals surface area contributed by atoms with Crippen LogP contribution >= 0.6 is 0 Å². The zero-order chi connectivity index (χ0) is 21.0. The van der Waals surface area contributed by atoms with E-state index in [1.54, 1.807) is 18.2 Å². The van der Waals surface area contributed by atoms with Crippen molar-refractivity contribution in [1.29, 1.82) is 0 Å². The summed E-state index contributed by atoms with van der Waals surface area (Å²) >= 11 is 0. The Labute approximate surface area is 176 Å². The fraction of sp³-hybridized carbons (Fsp3) is 0.125. The van der Waals surface area contributed by atoms with Gasteiger partial charge in [0, 0.05) is 23.9 Å². The third-order valence-electron chi connectivity index (χ3n) is 4.98. The van der Waals surface area contributed by atoms with Crippen molar-refractivity contribution in [3.63, 3.8) is 0 Å². The summed E-state index contributed by atoms with van der Waals surface area (Å²) in [7, 11) is -3.19. The second-order valence-corrected chi connectivity index (χ2v) is 9.08. The number of nitrogens with zero attached hydrogens (tertiary/aromatic N) is 1. The van der Waals surface area contributed by atoms with Crippen molar-refractivity contribution in [2.45, 2.75) is 6.42 Å². The van der Waals surface area contributed by atoms with Crippen LogP contribution in [0.3, 0.4) is 0 Å². The van der Waals surface area contributed by atoms with Gasteiger partial charge in [0.1, 0.15) is 0 Å². The van der Waals surface area contributed by atoms with Crippen molar-refractivity contribution in [2.24, 2.45) is 0 Å². The van der Waals surface area contributed by atoms with Gasteiger partial charge in [-0.15, -0.1) is 0 Å². The number of hydrogen-bond acceptors (Lipinski definition) is 3. The Morgan fingerprint density at radius 2 is 1.60 bits per heavy atom. The smallest absolute Gasteiger partial charge is 0.248 e. The number of hydrogen-bond donors (Lipinski definition) is 1. The molecule has 1 fully saturated rings. The normalized spacial score (nSPS) is 15.4. The van der Waals surface area contributed by atoms with Crippen LogP contribution in [0.2, 0.25) is 0 Å². The number of carbonyl (C=O) groups is 1. The van der Waals surface area contributed by atoms with Crippen LogP contribution in [0.5, 0.6) is 0 Å². The highest BCUT2D eigenvalue weighted by atomic mass is 32.2. The molecule has 4 rings (SSSR count). The van der Waals surface area contributed by atoms with Crippen molar-refractivity contribution in [2.75, 3.05) is 21.9 Å². The molecule has 0 spiro atoms. The third-order valence-corrected chi connectivity index (χ3v) is 6.85. The Balaban J connectivity index is 1.45. The van der Waals surface area contributed by atoms with Crippen molar-refractivity contribution in [3.05, 3.63) is 90.5 Å². The molecule has 0 aliphatic carbocycles. The first-order valence-corrected chi connectivity index (χ1v) is 11.4. The molecule has 3 aromatic rings. The Bertz CT molecular complexity index is 1170. The number of anilines is 2. The minimum Gasteiger partial charge on any atom is -0.322 e. The van der Waals surface area contributed by atoms with Gasteiger partial charge in [-0.1, -0.05) is 60.7 Å². The molecule has 3 aromatic carbocycles. The Kier molecular flexibility index (Phi) is 5.68. The predicted octanol–water partition coefficient (Wildman–Crippen LogP) is 4.55. The summed E-state index contributed by atoms with van der Waals surface area (Å²) in [4.78, 5) is 12.4. The molecule has 1 saturated heterocycles. The fourth-order valence-electron chi connectivity index (χ4n) is 3.49. The van der Waals surface area contributed by atoms with Crippen LogP contribution in [-0.4, -0.2) is 26.6 Å². The summed E-state index contributed by atoms with van der Waals surface area (Å²) < 4.78 is 25.5. The Hall–Kier alpha value is -3.38. The lowest BCUT2D eigenvalue weighted by Gasteiger charge is -2.16. The average Bonchev–Trinajstić information content (AvgIpc) is 3.12. The maximum absolute atomic E-state index is 12.4. The second kappa shape index (κ2) is 8.55. The van der Waals surface area contributed by atoms with Crippen LogP contribution < -0.4 is 9.62 Å². The molecule has 0 saturated carbocycles. The molecule has 6 heteroatoms. The standard InChI is InChI=1S/C24H22N2O3S/c27-24(25-23-10-5-4-9-22(23)20-7-2-1-3-8-20)16-13-19-11-14-21(15-12-19)26-17-6-18-30(26,28)29/h1-5,7-16H,6,17-18H2,(H,25,27)/b16-13+. The first kappa shape index (κ1) is 19.9. The van der Waals surface area contributed by atoms with E-state index in [4.69, 9.17) is 0 Å². The summed E-state index contributed by atoms with van der Waals surface area (Å²) in [5.74, 6) is -0.0381. The first-order chi connectivity index (χ1) is 14.5. The highest BCUT2D eigenvalue weighted by molar-refractivity contribution is 7.93. The molecule has 1 N–H and O–H groups in total. The molecular weight excluding hydrogens is 396 g/mol. The molecule has 0 atom stereocenters. The van der Waals surface area contributed by atoms with Crippen molar-refractivity contribution < 1.29 is 13.2 Å². The predicted molar refractivity (Wildman–Crippen MR) is 122 cm³/mol. The van der Waals surface area contributed by atoms with Gasteiger partial charge in [-0.25, -0.2) is 8.42 Å². The van der Waals surface area contributed by atoms with E-state index in [1.165, 1.54) is 10.4 Å². The highest BCUT2D eigenvalue weighted by Crippen LogP contribution is 2.28. The monoisotopic (exact) mass is 418 g/mol. The summed E-state index contributed by atoms with van der Waals surface area (Å²) in [5, 5.41) is 2.93. The number of nitrogens with one attached hydrogen (secondary N) is 1. The van der Waals surface area contributed by atoms with Gasteiger partial charge in [0.15, 0.2) is 0 Å². The van der Waals surface area contributed by atoms with Crippen LogP contribution in [0.25, 0.3) is 17.2 Å². The Morgan fingerprint density at radius 1 is 0.900 bits per heavy atom. The van der Waals surface area contributed by atoms with E-state index in [1.807, 2.05) is 66.7 Å². The molecule has 1 amide bonds. The zero-order valence-electron chi connectivity index (χ0n) is 16.4. The molecule has 152 valence electrons. The summed E-state index contributed by atoms with van der Waals surface area (Å²) in [5.41, 5.74) is 4.21. The van der Waals surface area contributed by atoms with Crippen LogP contribution in [0.15, 0.2) is 84.9 Å². The zero-order valence-corrected chi connectivity index (χ0v) is 17.2. The molecule has 1 heterocycles. The number of benzene rings is 3. The molecular formula is C24H22N2O3S. The van der Waals surface area contributed by atoms with Crippen molar-refractivity contribution in [1.82, 2.24) is 0 Å². The van der Waals surface area contributed by atoms with Gasteiger partial charge >= 0.3 is 0 Å². The first-order valence-electron chi connectivity index (χ1n) is 9.77. The van der Waals surface area contributed by atoms with E-state index in [9.17, 15) is 13.2 Å². The van der Waals surface area contributed by atoms with Gasteiger partial charge in [0.05, 0.1) is 11.4 Å². The van der Waals surface area contributed by atoms with Crippen LogP contribution in [0.4, 0.5) is 11.4 Å². The van der Waals surface area contributed by atoms with E-state index in [0.29, 0.717) is 18.7 Å². The topological polar surface area (TPSA) is 66.5 Å². The van der Waals surface area contributed by atoms with E-state index >= 15 is 0 Å². The van der Waals surface area contributed by atoms with Gasteiger partial charge in [-0.3, -0.25) is 9.10 Å². The van der Waals surface area contributed by atoms with Gasteiger partial charge < -0.3 is 5.32 Å². The number of para-hydroxylation sites is 1. The molecule has 0 aromatic heterocycles. The molecule has 0 unspecified atom stereocenters. The van der Waals surface area contributed by atoms with Gasteiger partial charge in [-0.2, -0.15) is 0 Å². The molecule has 0 bridgehead atoms. The van der Waals surface area contributed by atoms with Crippen molar-refractivity contribution in [3.8, 4) is 11.1 Å². The molecule has 30 heavy (non-hydrogen) atoms. The van der Waals surface area contributed by atoms with Crippen molar-refractivity contribution >= 4 is 33.4 Å². The maximum atomic E-state index is 12.4. The number of rotatable bonds is 5. The number of amides is 1. The molecule has 0 radical (unpaired) electrons. The minimum absolute atomic E-state index is 0.194. The highest BCUT2D eigenvalue weighted by Gasteiger charge is 2.28. The molecule has 1 aliphatic rings. The minimum atomic E-state index is -3.19. The van der Waals surface area contributed by atoms with E-state index in [-0.39, 0.29) is 11.7 Å². The van der Waals surface area contributed by atoms with Gasteiger partial charge in [-0.05, 0) is 41.8 Å². The van der Waals surface area contributed by atoms with E-state index in [0.717, 1.165) is 22.4 Å². The third kappa shape index (κ3) is 4.44. The summed E-state index contributed by atoms with van der Waals surface area (Å²) in [6.45, 7) is 0.515. The largest absolute Gasteiger partial charge is 0.322 e. The number of sulfonamides is 1. The summed E-state index contributed by atoms with van der Waals surface area (Å²) in [6.07, 6.45) is 3.83. The van der Waals surface area contributed by atoms with Crippen LogP contribution in [0.1, 0.15) is 12.0 Å². The Morgan fingerprint density at radius 3 is 2.30 bits per heavy atom.